The molecule has 6 heteroatoms. The molecule has 0 spiro atoms. The van der Waals surface area contributed by atoms with E-state index in [2.05, 4.69) is 15.5 Å². The number of rotatable bonds is 5. The molecule has 0 radical (unpaired) electrons. The van der Waals surface area contributed by atoms with Crippen LogP contribution in [0.2, 0.25) is 0 Å². The number of H-pyrrole nitrogens is 1. The van der Waals surface area contributed by atoms with Gasteiger partial charge >= 0.3 is 0 Å². The average molecular weight is 350 g/mol. The predicted molar refractivity (Wildman–Crippen MR) is 102 cm³/mol. The number of hydrogen-bond acceptors (Lipinski definition) is 4. The van der Waals surface area contributed by atoms with Crippen molar-refractivity contribution in [2.45, 2.75) is 12.8 Å². The Kier molecular flexibility index (Phi) is 4.58. The average Bonchev–Trinajstić information content (AvgIpc) is 3.32. The first-order valence-corrected chi connectivity index (χ1v) is 8.91. The Morgan fingerprint density at radius 2 is 2.04 bits per heavy atom. The van der Waals surface area contributed by atoms with Crippen molar-refractivity contribution in [2.75, 3.05) is 25.5 Å². The third kappa shape index (κ3) is 3.41. The Morgan fingerprint density at radius 3 is 2.81 bits per heavy atom. The monoisotopic (exact) mass is 350 g/mol. The molecule has 0 saturated carbocycles. The highest BCUT2D eigenvalue weighted by atomic mass is 16.5. The second-order valence-corrected chi connectivity index (χ2v) is 6.72. The second-order valence-electron chi connectivity index (χ2n) is 6.72. The second kappa shape index (κ2) is 7.17. The van der Waals surface area contributed by atoms with E-state index in [-0.39, 0.29) is 5.91 Å². The van der Waals surface area contributed by atoms with Crippen LogP contribution in [0.3, 0.4) is 0 Å². The van der Waals surface area contributed by atoms with Crippen LogP contribution < -0.4 is 11.1 Å². The molecule has 1 saturated heterocycles. The number of nitrogens with two attached hydrogens (primary N) is 1. The zero-order chi connectivity index (χ0) is 17.9. The van der Waals surface area contributed by atoms with Gasteiger partial charge in [-0.05, 0) is 54.2 Å². The predicted octanol–water partition coefficient (Wildman–Crippen LogP) is 2.97. The maximum Gasteiger partial charge on any atom is 0.251 e. The number of nitrogen functional groups attached to an aromatic ring is 1. The number of benzene rings is 2. The lowest BCUT2D eigenvalue weighted by molar-refractivity contribution is 0.0950. The fraction of sp³-hybridized carbons (Fsp3) is 0.300. The van der Waals surface area contributed by atoms with E-state index in [4.69, 9.17) is 10.5 Å². The fourth-order valence-corrected chi connectivity index (χ4v) is 3.33. The Hall–Kier alpha value is -2.86. The van der Waals surface area contributed by atoms with Gasteiger partial charge in [0.2, 0.25) is 0 Å². The van der Waals surface area contributed by atoms with Crippen LogP contribution in [0.15, 0.2) is 42.5 Å². The molecule has 2 heterocycles. The molecular formula is C20H22N4O2. The van der Waals surface area contributed by atoms with Gasteiger partial charge in [-0.3, -0.25) is 9.89 Å². The first-order chi connectivity index (χ1) is 12.7. The molecule has 1 amide bonds. The van der Waals surface area contributed by atoms with E-state index in [9.17, 15) is 4.79 Å². The molecule has 0 aliphatic carbocycles. The topological polar surface area (TPSA) is 93.0 Å². The molecule has 1 aliphatic rings. The Labute approximate surface area is 151 Å². The number of amides is 1. The Morgan fingerprint density at radius 1 is 1.23 bits per heavy atom. The minimum Gasteiger partial charge on any atom is -0.382 e. The van der Waals surface area contributed by atoms with Gasteiger partial charge in [-0.25, -0.2) is 0 Å². The van der Waals surface area contributed by atoms with Crippen LogP contribution in [0.5, 0.6) is 0 Å². The van der Waals surface area contributed by atoms with Crippen LogP contribution >= 0.6 is 0 Å². The molecule has 26 heavy (non-hydrogen) atoms. The third-order valence-electron chi connectivity index (χ3n) is 4.93. The number of ether oxygens (including phenoxy) is 1. The van der Waals surface area contributed by atoms with Crippen molar-refractivity contribution in [1.29, 1.82) is 0 Å². The Balaban J connectivity index is 1.41. The molecule has 4 rings (SSSR count). The molecule has 1 aromatic heterocycles. The molecule has 6 nitrogen and oxygen atoms in total. The van der Waals surface area contributed by atoms with E-state index in [1.54, 1.807) is 0 Å². The number of nitrogens with zero attached hydrogens (tertiary/aromatic N) is 1. The normalized spacial score (nSPS) is 16.8. The van der Waals surface area contributed by atoms with Gasteiger partial charge in [0.1, 0.15) is 0 Å². The summed E-state index contributed by atoms with van der Waals surface area (Å²) in [6, 6.07) is 13.6. The van der Waals surface area contributed by atoms with Crippen LogP contribution in [-0.4, -0.2) is 35.9 Å². The molecule has 3 aromatic rings. The van der Waals surface area contributed by atoms with E-state index < -0.39 is 0 Å². The van der Waals surface area contributed by atoms with E-state index >= 15 is 0 Å². The smallest absolute Gasteiger partial charge is 0.251 e. The first-order valence-electron chi connectivity index (χ1n) is 8.91. The van der Waals surface area contributed by atoms with Gasteiger partial charge in [-0.1, -0.05) is 18.2 Å². The lowest BCUT2D eigenvalue weighted by Crippen LogP contribution is -2.26. The molecule has 0 unspecified atom stereocenters. The lowest BCUT2D eigenvalue weighted by atomic mass is 10.0. The number of aromatic nitrogens is 2. The summed E-state index contributed by atoms with van der Waals surface area (Å²) in [7, 11) is 0. The Bertz CT molecular complexity index is 911. The summed E-state index contributed by atoms with van der Waals surface area (Å²) in [6.07, 6.45) is 2.06. The van der Waals surface area contributed by atoms with Crippen molar-refractivity contribution < 1.29 is 9.53 Å². The zero-order valence-electron chi connectivity index (χ0n) is 14.5. The molecule has 134 valence electrons. The maximum absolute atomic E-state index is 12.3. The fourth-order valence-electron chi connectivity index (χ4n) is 3.33. The van der Waals surface area contributed by atoms with Crippen molar-refractivity contribution in [3.8, 4) is 11.1 Å². The molecule has 1 fully saturated rings. The van der Waals surface area contributed by atoms with Crippen LogP contribution in [0, 0.1) is 5.92 Å². The molecule has 1 aliphatic heterocycles. The minimum atomic E-state index is -0.0370. The summed E-state index contributed by atoms with van der Waals surface area (Å²) in [4.78, 5) is 12.3. The van der Waals surface area contributed by atoms with E-state index in [1.165, 1.54) is 0 Å². The van der Waals surface area contributed by atoms with E-state index in [1.807, 2.05) is 42.5 Å². The number of hydrogen-bond donors (Lipinski definition) is 3. The largest absolute Gasteiger partial charge is 0.382 e. The molecular weight excluding hydrogens is 328 g/mol. The summed E-state index contributed by atoms with van der Waals surface area (Å²) < 4.78 is 5.36. The van der Waals surface area contributed by atoms with Gasteiger partial charge in [-0.15, -0.1) is 0 Å². The van der Waals surface area contributed by atoms with Crippen molar-refractivity contribution in [1.82, 2.24) is 15.5 Å². The molecule has 0 bridgehead atoms. The van der Waals surface area contributed by atoms with E-state index in [0.717, 1.165) is 48.1 Å². The van der Waals surface area contributed by atoms with Gasteiger partial charge in [-0.2, -0.15) is 5.10 Å². The van der Waals surface area contributed by atoms with Crippen molar-refractivity contribution in [3.05, 3.63) is 48.0 Å². The van der Waals surface area contributed by atoms with Crippen molar-refractivity contribution in [3.63, 3.8) is 0 Å². The standard InChI is InChI=1S/C20H22N4O2/c21-19-17-11-16(5-6-18(17)23-24-19)14-1-3-15(4-2-14)20(25)22-9-7-13-8-10-26-12-13/h1-6,11,13H,7-10,12H2,(H,22,25)(H3,21,23,24)/t13-/m0/s1. The molecule has 2 aromatic carbocycles. The summed E-state index contributed by atoms with van der Waals surface area (Å²) in [5.41, 5.74) is 9.53. The minimum absolute atomic E-state index is 0.0370. The number of carbonyl (C=O) groups excluding carboxylic acids is 1. The highest BCUT2D eigenvalue weighted by Gasteiger charge is 2.15. The van der Waals surface area contributed by atoms with Crippen LogP contribution in [0.4, 0.5) is 5.82 Å². The highest BCUT2D eigenvalue weighted by molar-refractivity contribution is 5.95. The maximum atomic E-state index is 12.3. The first kappa shape index (κ1) is 16.6. The summed E-state index contributed by atoms with van der Waals surface area (Å²) in [5, 5.41) is 10.8. The summed E-state index contributed by atoms with van der Waals surface area (Å²) >= 11 is 0. The number of fused-ring (bicyclic) bond motifs is 1. The van der Waals surface area contributed by atoms with Gasteiger partial charge in [0.05, 0.1) is 5.52 Å². The summed E-state index contributed by atoms with van der Waals surface area (Å²) in [5.74, 6) is 1.03. The molecule has 1 atom stereocenters. The number of nitrogens with one attached hydrogen (secondary N) is 2. The van der Waals surface area contributed by atoms with Crippen molar-refractivity contribution >= 4 is 22.6 Å². The van der Waals surface area contributed by atoms with Crippen LogP contribution in [0.25, 0.3) is 22.0 Å². The SMILES string of the molecule is Nc1n[nH]c2ccc(-c3ccc(C(=O)NCC[C@H]4CCOC4)cc3)cc12. The third-order valence-corrected chi connectivity index (χ3v) is 4.93. The van der Waals surface area contributed by atoms with Crippen LogP contribution in [0.1, 0.15) is 23.2 Å². The van der Waals surface area contributed by atoms with Gasteiger partial charge in [0, 0.05) is 30.7 Å². The number of anilines is 1. The van der Waals surface area contributed by atoms with E-state index in [0.29, 0.717) is 23.8 Å². The van der Waals surface area contributed by atoms with Gasteiger partial charge in [0.25, 0.3) is 5.91 Å². The highest BCUT2D eigenvalue weighted by Crippen LogP contribution is 2.26. The number of carbonyl (C=O) groups is 1. The zero-order valence-corrected chi connectivity index (χ0v) is 14.5. The van der Waals surface area contributed by atoms with Crippen LogP contribution in [-0.2, 0) is 4.74 Å². The summed E-state index contributed by atoms with van der Waals surface area (Å²) in [6.45, 7) is 2.34. The lowest BCUT2D eigenvalue weighted by Gasteiger charge is -2.09. The van der Waals surface area contributed by atoms with Crippen molar-refractivity contribution in [2.24, 2.45) is 5.92 Å². The van der Waals surface area contributed by atoms with Gasteiger partial charge < -0.3 is 15.8 Å². The van der Waals surface area contributed by atoms with Gasteiger partial charge in [0.15, 0.2) is 5.82 Å². The number of aromatic amines is 1. The molecule has 4 N–H and O–H groups in total. The quantitative estimate of drug-likeness (QED) is 0.659.